The fraction of sp³-hybridized carbons (Fsp3) is 0.708. The molecular weight excluding hydrogens is 378 g/mol. The Balaban J connectivity index is 1.56. The molecule has 6 heteroatoms. The van der Waals surface area contributed by atoms with Gasteiger partial charge in [0, 0.05) is 30.7 Å². The summed E-state index contributed by atoms with van der Waals surface area (Å²) in [4.78, 5) is 17.8. The third-order valence-electron chi connectivity index (χ3n) is 8.18. The molecule has 2 saturated carbocycles. The first-order valence-electron chi connectivity index (χ1n) is 11.5. The monoisotopic (exact) mass is 415 g/mol. The van der Waals surface area contributed by atoms with Crippen molar-refractivity contribution >= 4 is 5.97 Å². The van der Waals surface area contributed by atoms with E-state index in [1.54, 1.807) is 0 Å². The Hall–Kier alpha value is -1.47. The van der Waals surface area contributed by atoms with Crippen LogP contribution in [0, 0.1) is 5.92 Å². The summed E-state index contributed by atoms with van der Waals surface area (Å²) in [6.07, 6.45) is 7.35. The third-order valence-corrected chi connectivity index (χ3v) is 8.18. The molecule has 30 heavy (non-hydrogen) atoms. The normalized spacial score (nSPS) is 33.3. The summed E-state index contributed by atoms with van der Waals surface area (Å²) >= 11 is 0. The van der Waals surface area contributed by atoms with Gasteiger partial charge in [-0.2, -0.15) is 0 Å². The lowest BCUT2D eigenvalue weighted by Crippen LogP contribution is -2.57. The zero-order valence-electron chi connectivity index (χ0n) is 18.5. The number of aliphatic carboxylic acids is 1. The molecule has 3 aliphatic rings. The summed E-state index contributed by atoms with van der Waals surface area (Å²) in [6, 6.07) is 10.8. The molecule has 2 N–H and O–H groups in total. The van der Waals surface area contributed by atoms with Crippen molar-refractivity contribution in [3.8, 4) is 0 Å². The molecule has 0 aromatic heterocycles. The largest absolute Gasteiger partial charge is 0.481 e. The predicted molar refractivity (Wildman–Crippen MR) is 117 cm³/mol. The Kier molecular flexibility index (Phi) is 6.22. The summed E-state index contributed by atoms with van der Waals surface area (Å²) < 4.78 is 0. The molecule has 4 rings (SSSR count). The van der Waals surface area contributed by atoms with Crippen LogP contribution >= 0.6 is 0 Å². The van der Waals surface area contributed by atoms with Gasteiger partial charge >= 0.3 is 5.97 Å². The Labute approximate surface area is 180 Å². The van der Waals surface area contributed by atoms with Crippen LogP contribution in [-0.4, -0.2) is 76.5 Å². The first-order valence-corrected chi connectivity index (χ1v) is 11.5. The molecule has 1 aliphatic heterocycles. The molecule has 0 amide bonds. The number of carboxylic acids is 1. The van der Waals surface area contributed by atoms with Crippen molar-refractivity contribution in [3.63, 3.8) is 0 Å². The average molecular weight is 416 g/mol. The van der Waals surface area contributed by atoms with E-state index >= 15 is 0 Å². The molecule has 1 atom stereocenters. The van der Waals surface area contributed by atoms with E-state index in [0.717, 1.165) is 38.8 Å². The fourth-order valence-electron chi connectivity index (χ4n) is 5.98. The van der Waals surface area contributed by atoms with Crippen molar-refractivity contribution in [2.75, 3.05) is 33.7 Å². The summed E-state index contributed by atoms with van der Waals surface area (Å²) in [5.74, 6) is -0.126. The maximum atomic E-state index is 11.2. The number of aliphatic hydroxyl groups is 1. The van der Waals surface area contributed by atoms with Crippen LogP contribution in [0.4, 0.5) is 0 Å². The Morgan fingerprint density at radius 1 is 1.13 bits per heavy atom. The molecule has 1 saturated heterocycles. The van der Waals surface area contributed by atoms with Gasteiger partial charge in [0.15, 0.2) is 6.35 Å². The molecule has 1 aromatic rings. The van der Waals surface area contributed by atoms with Crippen molar-refractivity contribution in [3.05, 3.63) is 35.9 Å². The van der Waals surface area contributed by atoms with Gasteiger partial charge in [0.2, 0.25) is 0 Å². The number of hydrogen-bond donors (Lipinski definition) is 2. The molecule has 1 heterocycles. The average Bonchev–Trinajstić information content (AvgIpc) is 2.95. The van der Waals surface area contributed by atoms with Crippen LogP contribution in [0.1, 0.15) is 56.9 Å². The van der Waals surface area contributed by atoms with E-state index in [0.29, 0.717) is 12.5 Å². The maximum Gasteiger partial charge on any atom is 0.304 e. The van der Waals surface area contributed by atoms with Gasteiger partial charge in [0.25, 0.3) is 0 Å². The molecule has 1 unspecified atom stereocenters. The van der Waals surface area contributed by atoms with Gasteiger partial charge in [-0.25, -0.2) is 0 Å². The number of rotatable bonds is 7. The maximum absolute atomic E-state index is 11.2. The number of nitrogens with zero attached hydrogens (tertiary/aromatic N) is 3. The van der Waals surface area contributed by atoms with E-state index in [4.69, 9.17) is 5.11 Å². The van der Waals surface area contributed by atoms with Crippen LogP contribution in [-0.2, 0) is 10.3 Å². The number of aliphatic hydroxyl groups excluding tert-OH is 1. The molecule has 1 spiro atoms. The van der Waals surface area contributed by atoms with Gasteiger partial charge in [0.05, 0.1) is 6.42 Å². The molecule has 1 aromatic carbocycles. The lowest BCUT2D eigenvalue weighted by molar-refractivity contribution is -0.138. The van der Waals surface area contributed by atoms with E-state index in [2.05, 4.69) is 54.2 Å². The third kappa shape index (κ3) is 3.91. The van der Waals surface area contributed by atoms with E-state index in [-0.39, 0.29) is 17.5 Å². The van der Waals surface area contributed by atoms with E-state index in [1.165, 1.54) is 24.8 Å². The highest BCUT2D eigenvalue weighted by atomic mass is 16.4. The number of carboxylic acid groups (broad SMARTS) is 1. The highest BCUT2D eigenvalue weighted by Crippen LogP contribution is 2.50. The summed E-state index contributed by atoms with van der Waals surface area (Å²) in [6.45, 7) is 2.12. The molecule has 2 aliphatic carbocycles. The molecule has 0 bridgehead atoms. The van der Waals surface area contributed by atoms with Crippen molar-refractivity contribution in [1.29, 1.82) is 0 Å². The van der Waals surface area contributed by atoms with Crippen LogP contribution in [0.15, 0.2) is 30.3 Å². The van der Waals surface area contributed by atoms with E-state index < -0.39 is 12.3 Å². The number of carbonyl (C=O) groups is 1. The van der Waals surface area contributed by atoms with Crippen molar-refractivity contribution in [1.82, 2.24) is 14.7 Å². The standard InChI is InChI=1S/C24H37N3O3/c1-25(2)24(20-9-4-3-5-10-20)14-12-23(13-15-24)18-26(16-11-21(28)29)22(30)27(23)17-19-7-6-8-19/h3-5,9-10,19,22,30H,6-8,11-18H2,1-2H3,(H,28,29)/t22?,23-,24+. The lowest BCUT2D eigenvalue weighted by atomic mass is 9.68. The molecule has 6 nitrogen and oxygen atoms in total. The van der Waals surface area contributed by atoms with Crippen LogP contribution in [0.5, 0.6) is 0 Å². The quantitative estimate of drug-likeness (QED) is 0.714. The first kappa shape index (κ1) is 21.8. The molecule has 0 radical (unpaired) electrons. The predicted octanol–water partition coefficient (Wildman–Crippen LogP) is 2.92. The van der Waals surface area contributed by atoms with Gasteiger partial charge in [-0.15, -0.1) is 0 Å². The van der Waals surface area contributed by atoms with Crippen molar-refractivity contribution in [2.45, 2.75) is 68.8 Å². The summed E-state index contributed by atoms with van der Waals surface area (Å²) in [5, 5.41) is 20.3. The topological polar surface area (TPSA) is 67.2 Å². The molecule has 3 fully saturated rings. The number of hydrogen-bond acceptors (Lipinski definition) is 5. The Morgan fingerprint density at radius 3 is 2.33 bits per heavy atom. The van der Waals surface area contributed by atoms with Gasteiger partial charge in [0.1, 0.15) is 0 Å². The zero-order valence-corrected chi connectivity index (χ0v) is 18.5. The summed E-state index contributed by atoms with van der Waals surface area (Å²) in [7, 11) is 4.36. The SMILES string of the molecule is CN(C)[C@]1(c2ccccc2)CC[C@]2(CC1)CN(CCC(=O)O)C(O)N2CC1CCC1. The molecular formula is C24H37N3O3. The fourth-order valence-corrected chi connectivity index (χ4v) is 5.98. The lowest BCUT2D eigenvalue weighted by Gasteiger charge is -2.52. The highest BCUT2D eigenvalue weighted by Gasteiger charge is 2.54. The smallest absolute Gasteiger partial charge is 0.304 e. The summed E-state index contributed by atoms with van der Waals surface area (Å²) in [5.41, 5.74) is 1.34. The van der Waals surface area contributed by atoms with Crippen LogP contribution in [0.25, 0.3) is 0 Å². The van der Waals surface area contributed by atoms with E-state index in [9.17, 15) is 9.90 Å². The zero-order chi connectivity index (χ0) is 21.4. The minimum absolute atomic E-state index is 0.0219. The van der Waals surface area contributed by atoms with Gasteiger partial charge in [-0.3, -0.25) is 19.5 Å². The van der Waals surface area contributed by atoms with Crippen molar-refractivity contribution < 1.29 is 15.0 Å². The number of benzene rings is 1. The second-order valence-electron chi connectivity index (χ2n) is 9.93. The van der Waals surface area contributed by atoms with Gasteiger partial charge < -0.3 is 10.2 Å². The minimum atomic E-state index is -0.798. The van der Waals surface area contributed by atoms with Gasteiger partial charge in [-0.1, -0.05) is 36.8 Å². The minimum Gasteiger partial charge on any atom is -0.481 e. The second kappa shape index (κ2) is 8.58. The Morgan fingerprint density at radius 2 is 1.80 bits per heavy atom. The van der Waals surface area contributed by atoms with Crippen LogP contribution < -0.4 is 0 Å². The van der Waals surface area contributed by atoms with Crippen LogP contribution in [0.3, 0.4) is 0 Å². The molecule has 166 valence electrons. The Bertz CT molecular complexity index is 726. The highest BCUT2D eigenvalue weighted by molar-refractivity contribution is 5.66. The van der Waals surface area contributed by atoms with Crippen LogP contribution in [0.2, 0.25) is 0 Å². The van der Waals surface area contributed by atoms with Crippen molar-refractivity contribution in [2.24, 2.45) is 5.92 Å². The first-order chi connectivity index (χ1) is 14.4. The van der Waals surface area contributed by atoms with Gasteiger partial charge in [-0.05, 0) is 64.1 Å². The van der Waals surface area contributed by atoms with E-state index in [1.807, 2.05) is 4.90 Å². The second-order valence-corrected chi connectivity index (χ2v) is 9.93.